The Kier molecular flexibility index (Phi) is 5.29. The zero-order valence-corrected chi connectivity index (χ0v) is 16.9. The number of fused-ring (bicyclic) bond motifs is 1. The van der Waals surface area contributed by atoms with Crippen LogP contribution in [0.4, 0.5) is 0 Å². The van der Waals surface area contributed by atoms with Crippen LogP contribution in [0.1, 0.15) is 23.7 Å². The Morgan fingerprint density at radius 3 is 2.82 bits per heavy atom. The smallest absolute Gasteiger partial charge is 0.165 e. The third kappa shape index (κ3) is 3.73. The van der Waals surface area contributed by atoms with Crippen LogP contribution < -0.4 is 4.74 Å². The fourth-order valence-electron chi connectivity index (χ4n) is 3.72. The predicted octanol–water partition coefficient (Wildman–Crippen LogP) is 4.63. The summed E-state index contributed by atoms with van der Waals surface area (Å²) in [4.78, 5) is 2.33. The van der Waals surface area contributed by atoms with E-state index in [4.69, 9.17) is 16.3 Å². The summed E-state index contributed by atoms with van der Waals surface area (Å²) in [5.74, 6) is 0.749. The standard InChI is InChI=1S/C22H24ClN3O2/c1-3-26-15(2)19(12-24-26)14-25-7-8-28-22-18(13-25)9-17(11-21(22)27)16-5-4-6-20(23)10-16/h4-6,9-12,27H,3,7-8,13-14H2,1-2H3. The Labute approximate surface area is 170 Å². The molecule has 2 aromatic carbocycles. The molecule has 0 spiro atoms. The first-order chi connectivity index (χ1) is 13.5. The number of ether oxygens (including phenoxy) is 1. The molecule has 0 fully saturated rings. The first kappa shape index (κ1) is 18.8. The van der Waals surface area contributed by atoms with E-state index in [0.29, 0.717) is 23.9 Å². The average molecular weight is 398 g/mol. The van der Waals surface area contributed by atoms with Crippen molar-refractivity contribution in [2.75, 3.05) is 13.2 Å². The van der Waals surface area contributed by atoms with Gasteiger partial charge < -0.3 is 9.84 Å². The molecule has 0 aliphatic carbocycles. The number of hydrogen-bond acceptors (Lipinski definition) is 4. The van der Waals surface area contributed by atoms with Crippen LogP contribution in [-0.2, 0) is 19.6 Å². The molecule has 146 valence electrons. The van der Waals surface area contributed by atoms with Crippen molar-refractivity contribution in [1.82, 2.24) is 14.7 Å². The van der Waals surface area contributed by atoms with Crippen molar-refractivity contribution >= 4 is 11.6 Å². The Hall–Kier alpha value is -2.50. The number of hydrogen-bond donors (Lipinski definition) is 1. The van der Waals surface area contributed by atoms with Gasteiger partial charge in [0.05, 0.1) is 6.20 Å². The van der Waals surface area contributed by atoms with Crippen LogP contribution in [0.15, 0.2) is 42.6 Å². The molecule has 6 heteroatoms. The molecule has 4 rings (SSSR count). The van der Waals surface area contributed by atoms with Crippen molar-refractivity contribution < 1.29 is 9.84 Å². The van der Waals surface area contributed by atoms with E-state index in [2.05, 4.69) is 29.9 Å². The van der Waals surface area contributed by atoms with Gasteiger partial charge in [-0.1, -0.05) is 23.7 Å². The molecular weight excluding hydrogens is 374 g/mol. The lowest BCUT2D eigenvalue weighted by atomic mass is 10.0. The first-order valence-electron chi connectivity index (χ1n) is 9.53. The normalized spacial score (nSPS) is 14.4. The molecule has 0 atom stereocenters. The monoisotopic (exact) mass is 397 g/mol. The van der Waals surface area contributed by atoms with Crippen molar-refractivity contribution in [2.24, 2.45) is 0 Å². The number of benzene rings is 2. The molecule has 0 unspecified atom stereocenters. The predicted molar refractivity (Wildman–Crippen MR) is 111 cm³/mol. The molecule has 0 saturated carbocycles. The second-order valence-corrected chi connectivity index (χ2v) is 7.56. The first-order valence-corrected chi connectivity index (χ1v) is 9.91. The van der Waals surface area contributed by atoms with Gasteiger partial charge in [0, 0.05) is 48.0 Å². The maximum atomic E-state index is 10.6. The molecule has 0 amide bonds. The summed E-state index contributed by atoms with van der Waals surface area (Å²) in [6.45, 7) is 7.91. The molecule has 1 N–H and O–H groups in total. The van der Waals surface area contributed by atoms with Gasteiger partial charge in [-0.2, -0.15) is 5.10 Å². The summed E-state index contributed by atoms with van der Waals surface area (Å²) < 4.78 is 7.89. The van der Waals surface area contributed by atoms with E-state index in [-0.39, 0.29) is 5.75 Å². The highest BCUT2D eigenvalue weighted by atomic mass is 35.5. The number of rotatable bonds is 4. The highest BCUT2D eigenvalue weighted by Gasteiger charge is 2.21. The summed E-state index contributed by atoms with van der Waals surface area (Å²) in [7, 11) is 0. The number of halogens is 1. The Morgan fingerprint density at radius 1 is 1.21 bits per heavy atom. The minimum Gasteiger partial charge on any atom is -0.504 e. The number of phenolic OH excluding ortho intramolecular Hbond substituents is 1. The summed E-state index contributed by atoms with van der Waals surface area (Å²) >= 11 is 6.14. The summed E-state index contributed by atoms with van der Waals surface area (Å²) in [6, 6.07) is 11.5. The molecule has 1 aliphatic heterocycles. The molecule has 0 radical (unpaired) electrons. The fourth-order valence-corrected chi connectivity index (χ4v) is 3.91. The zero-order valence-electron chi connectivity index (χ0n) is 16.2. The molecule has 0 saturated heterocycles. The van der Waals surface area contributed by atoms with E-state index in [0.717, 1.165) is 36.3 Å². The third-order valence-electron chi connectivity index (χ3n) is 5.25. The van der Waals surface area contributed by atoms with Gasteiger partial charge in [-0.05, 0) is 49.2 Å². The van der Waals surface area contributed by atoms with Gasteiger partial charge >= 0.3 is 0 Å². The second-order valence-electron chi connectivity index (χ2n) is 7.12. The minimum atomic E-state index is 0.171. The minimum absolute atomic E-state index is 0.171. The van der Waals surface area contributed by atoms with Crippen molar-refractivity contribution in [3.05, 3.63) is 64.4 Å². The average Bonchev–Trinajstić information content (AvgIpc) is 2.89. The van der Waals surface area contributed by atoms with Gasteiger partial charge in [-0.3, -0.25) is 9.58 Å². The highest BCUT2D eigenvalue weighted by Crippen LogP contribution is 2.38. The number of aromatic nitrogens is 2. The second kappa shape index (κ2) is 7.86. The van der Waals surface area contributed by atoms with Crippen LogP contribution in [0.3, 0.4) is 0 Å². The SMILES string of the molecule is CCn1ncc(CN2CCOc3c(O)cc(-c4cccc(Cl)c4)cc3C2)c1C. The number of aromatic hydroxyl groups is 1. The molecule has 3 aromatic rings. The van der Waals surface area contributed by atoms with Crippen molar-refractivity contribution in [3.63, 3.8) is 0 Å². The quantitative estimate of drug-likeness (QED) is 0.697. The molecule has 5 nitrogen and oxygen atoms in total. The van der Waals surface area contributed by atoms with Crippen molar-refractivity contribution in [1.29, 1.82) is 0 Å². The Morgan fingerprint density at radius 2 is 2.07 bits per heavy atom. The lowest BCUT2D eigenvalue weighted by Crippen LogP contribution is -2.25. The maximum absolute atomic E-state index is 10.6. The van der Waals surface area contributed by atoms with Gasteiger partial charge in [0.25, 0.3) is 0 Å². The van der Waals surface area contributed by atoms with Crippen LogP contribution >= 0.6 is 11.6 Å². The van der Waals surface area contributed by atoms with Crippen LogP contribution in [0.5, 0.6) is 11.5 Å². The van der Waals surface area contributed by atoms with Crippen molar-refractivity contribution in [2.45, 2.75) is 33.5 Å². The molecule has 1 aromatic heterocycles. The van der Waals surface area contributed by atoms with Gasteiger partial charge in [-0.25, -0.2) is 0 Å². The highest BCUT2D eigenvalue weighted by molar-refractivity contribution is 6.30. The summed E-state index contributed by atoms with van der Waals surface area (Å²) in [5, 5.41) is 15.7. The lowest BCUT2D eigenvalue weighted by molar-refractivity contribution is 0.217. The Bertz CT molecular complexity index is 999. The van der Waals surface area contributed by atoms with E-state index < -0.39 is 0 Å². The van der Waals surface area contributed by atoms with Crippen LogP contribution in [0, 0.1) is 6.92 Å². The molecule has 1 aliphatic rings. The van der Waals surface area contributed by atoms with Crippen molar-refractivity contribution in [3.8, 4) is 22.6 Å². The largest absolute Gasteiger partial charge is 0.504 e. The fraction of sp³-hybridized carbons (Fsp3) is 0.318. The number of nitrogens with zero attached hydrogens (tertiary/aromatic N) is 3. The van der Waals surface area contributed by atoms with E-state index in [9.17, 15) is 5.11 Å². The van der Waals surface area contributed by atoms with Crippen LogP contribution in [-0.4, -0.2) is 32.9 Å². The summed E-state index contributed by atoms with van der Waals surface area (Å²) in [5.41, 5.74) is 5.30. The molecule has 28 heavy (non-hydrogen) atoms. The van der Waals surface area contributed by atoms with E-state index in [1.165, 1.54) is 11.3 Å². The van der Waals surface area contributed by atoms with Crippen LogP contribution in [0.25, 0.3) is 11.1 Å². The number of phenols is 1. The summed E-state index contributed by atoms with van der Waals surface area (Å²) in [6.07, 6.45) is 1.95. The van der Waals surface area contributed by atoms with E-state index in [1.807, 2.05) is 35.1 Å². The third-order valence-corrected chi connectivity index (χ3v) is 5.49. The number of aryl methyl sites for hydroxylation is 1. The van der Waals surface area contributed by atoms with E-state index >= 15 is 0 Å². The topological polar surface area (TPSA) is 50.5 Å². The lowest BCUT2D eigenvalue weighted by Gasteiger charge is -2.19. The van der Waals surface area contributed by atoms with E-state index in [1.54, 1.807) is 6.07 Å². The van der Waals surface area contributed by atoms with Crippen LogP contribution in [0.2, 0.25) is 5.02 Å². The van der Waals surface area contributed by atoms with Gasteiger partial charge in [0.2, 0.25) is 0 Å². The molecular formula is C22H24ClN3O2. The maximum Gasteiger partial charge on any atom is 0.165 e. The Balaban J connectivity index is 1.63. The molecule has 2 heterocycles. The zero-order chi connectivity index (χ0) is 19.7. The van der Waals surface area contributed by atoms with Gasteiger partial charge in [-0.15, -0.1) is 0 Å². The van der Waals surface area contributed by atoms with Gasteiger partial charge in [0.15, 0.2) is 11.5 Å². The molecule has 0 bridgehead atoms. The van der Waals surface area contributed by atoms with Gasteiger partial charge in [0.1, 0.15) is 6.61 Å².